The third kappa shape index (κ3) is 4.83. The zero-order valence-electron chi connectivity index (χ0n) is 19.1. The number of hydrogen-bond acceptors (Lipinski definition) is 7. The van der Waals surface area contributed by atoms with Crippen LogP contribution in [0.1, 0.15) is 30.9 Å². The topological polar surface area (TPSA) is 132 Å². The summed E-state index contributed by atoms with van der Waals surface area (Å²) in [5, 5.41) is 23.9. The summed E-state index contributed by atoms with van der Waals surface area (Å²) < 4.78 is 13.3. The number of hydrogen-bond donors (Lipinski definition) is 4. The van der Waals surface area contributed by atoms with Gasteiger partial charge in [-0.1, -0.05) is 0 Å². The second-order valence-corrected chi connectivity index (χ2v) is 9.23. The number of aromatic nitrogens is 1. The maximum atomic E-state index is 13.3. The molecule has 2 amide bonds. The second kappa shape index (κ2) is 9.55. The SMILES string of the molecule is C[C@](O)(C(=O)NCC1CCN(c2ccc(F)cc2N)CC1)[C@@H](O)C(=O)N1Cc2ccncc2C1. The Balaban J connectivity index is 1.27. The number of benzene rings is 1. The van der Waals surface area contributed by atoms with Crippen LogP contribution in [0, 0.1) is 11.7 Å². The monoisotopic (exact) mass is 471 g/mol. The number of rotatable bonds is 6. The molecule has 4 rings (SSSR count). The zero-order valence-corrected chi connectivity index (χ0v) is 19.1. The molecule has 10 heteroatoms. The molecule has 0 unspecified atom stereocenters. The number of carbonyl (C=O) groups excluding carboxylic acids is 2. The molecule has 2 aromatic rings. The van der Waals surface area contributed by atoms with Crippen molar-refractivity contribution in [1.82, 2.24) is 15.2 Å². The first-order valence-corrected chi connectivity index (χ1v) is 11.4. The molecule has 2 aliphatic heterocycles. The molecule has 1 aromatic heterocycles. The number of fused-ring (bicyclic) bond motifs is 1. The molecule has 34 heavy (non-hydrogen) atoms. The predicted octanol–water partition coefficient (Wildman–Crippen LogP) is 0.790. The van der Waals surface area contributed by atoms with E-state index in [2.05, 4.69) is 15.2 Å². The number of nitrogens with two attached hydrogens (primary N) is 1. The van der Waals surface area contributed by atoms with Crippen molar-refractivity contribution in [2.75, 3.05) is 30.3 Å². The Labute approximate surface area is 197 Å². The van der Waals surface area contributed by atoms with Gasteiger partial charge >= 0.3 is 0 Å². The normalized spacial score (nSPS) is 18.8. The molecule has 5 N–H and O–H groups in total. The lowest BCUT2D eigenvalue weighted by molar-refractivity contribution is -0.166. The van der Waals surface area contributed by atoms with Crippen molar-refractivity contribution in [2.24, 2.45) is 5.92 Å². The molecule has 0 saturated carbocycles. The summed E-state index contributed by atoms with van der Waals surface area (Å²) >= 11 is 0. The summed E-state index contributed by atoms with van der Waals surface area (Å²) in [6.45, 7) is 3.41. The van der Waals surface area contributed by atoms with Gasteiger partial charge in [-0.05, 0) is 61.1 Å². The number of nitrogens with one attached hydrogen (secondary N) is 1. The van der Waals surface area contributed by atoms with E-state index in [9.17, 15) is 24.2 Å². The van der Waals surface area contributed by atoms with E-state index >= 15 is 0 Å². The summed E-state index contributed by atoms with van der Waals surface area (Å²) in [6.07, 6.45) is 2.93. The van der Waals surface area contributed by atoms with Crippen LogP contribution in [0.4, 0.5) is 15.8 Å². The van der Waals surface area contributed by atoms with Crippen molar-refractivity contribution in [2.45, 2.75) is 44.6 Å². The Morgan fingerprint density at radius 1 is 1.26 bits per heavy atom. The van der Waals surface area contributed by atoms with Gasteiger partial charge in [-0.25, -0.2) is 4.39 Å². The molecule has 3 heterocycles. The Hall–Kier alpha value is -3.24. The molecule has 1 saturated heterocycles. The number of aliphatic hydroxyl groups excluding tert-OH is 1. The maximum absolute atomic E-state index is 13.3. The van der Waals surface area contributed by atoms with E-state index in [0.29, 0.717) is 31.9 Å². The lowest BCUT2D eigenvalue weighted by atomic mass is 9.94. The van der Waals surface area contributed by atoms with E-state index in [4.69, 9.17) is 5.73 Å². The summed E-state index contributed by atoms with van der Waals surface area (Å²) in [6, 6.07) is 6.14. The summed E-state index contributed by atoms with van der Waals surface area (Å²) in [5.74, 6) is -1.72. The van der Waals surface area contributed by atoms with Crippen LogP contribution < -0.4 is 16.0 Å². The molecule has 2 aliphatic rings. The molecule has 0 radical (unpaired) electrons. The van der Waals surface area contributed by atoms with Crippen LogP contribution in [0.5, 0.6) is 0 Å². The van der Waals surface area contributed by atoms with Crippen molar-refractivity contribution < 1.29 is 24.2 Å². The molecule has 2 atom stereocenters. The van der Waals surface area contributed by atoms with E-state index in [0.717, 1.165) is 36.6 Å². The van der Waals surface area contributed by atoms with Gasteiger partial charge in [0.25, 0.3) is 11.8 Å². The van der Waals surface area contributed by atoms with Gasteiger partial charge in [0.15, 0.2) is 11.7 Å². The Morgan fingerprint density at radius 2 is 1.97 bits per heavy atom. The number of nitrogen functional groups attached to an aromatic ring is 1. The van der Waals surface area contributed by atoms with Crippen LogP contribution >= 0.6 is 0 Å². The van der Waals surface area contributed by atoms with Crippen molar-refractivity contribution in [1.29, 1.82) is 0 Å². The van der Waals surface area contributed by atoms with E-state index in [1.165, 1.54) is 17.0 Å². The average Bonchev–Trinajstić information content (AvgIpc) is 3.26. The number of amides is 2. The molecule has 1 fully saturated rings. The smallest absolute Gasteiger partial charge is 0.255 e. The van der Waals surface area contributed by atoms with Gasteiger partial charge in [0.05, 0.1) is 11.4 Å². The van der Waals surface area contributed by atoms with Gasteiger partial charge in [-0.15, -0.1) is 0 Å². The highest BCUT2D eigenvalue weighted by Crippen LogP contribution is 2.29. The van der Waals surface area contributed by atoms with E-state index in [-0.39, 0.29) is 18.3 Å². The molecule has 0 bridgehead atoms. The van der Waals surface area contributed by atoms with Crippen LogP contribution in [0.2, 0.25) is 0 Å². The van der Waals surface area contributed by atoms with Crippen molar-refractivity contribution in [3.8, 4) is 0 Å². The third-order valence-corrected chi connectivity index (χ3v) is 6.76. The number of carbonyl (C=O) groups is 2. The Bertz CT molecular complexity index is 1050. The number of piperidine rings is 1. The Morgan fingerprint density at radius 3 is 2.65 bits per heavy atom. The van der Waals surface area contributed by atoms with Gasteiger partial charge in [0.1, 0.15) is 5.82 Å². The fourth-order valence-electron chi connectivity index (χ4n) is 4.52. The second-order valence-electron chi connectivity index (χ2n) is 9.23. The number of pyridine rings is 1. The van der Waals surface area contributed by atoms with Gasteiger partial charge in [0, 0.05) is 45.1 Å². The number of halogens is 1. The van der Waals surface area contributed by atoms with Crippen molar-refractivity contribution >= 4 is 23.2 Å². The van der Waals surface area contributed by atoms with Crippen LogP contribution in [-0.2, 0) is 22.7 Å². The molecule has 0 spiro atoms. The molecule has 0 aliphatic carbocycles. The fourth-order valence-corrected chi connectivity index (χ4v) is 4.52. The largest absolute Gasteiger partial charge is 0.397 e. The van der Waals surface area contributed by atoms with E-state index < -0.39 is 23.5 Å². The first-order valence-electron chi connectivity index (χ1n) is 11.4. The minimum Gasteiger partial charge on any atom is -0.397 e. The third-order valence-electron chi connectivity index (χ3n) is 6.76. The van der Waals surface area contributed by atoms with Crippen LogP contribution in [-0.4, -0.2) is 63.3 Å². The standard InChI is InChI=1S/C24H30FN5O4/c1-24(34,21(31)22(32)30-13-16-4-7-27-12-17(16)14-30)23(33)28-11-15-5-8-29(9-6-15)20-3-2-18(25)10-19(20)26/h2-4,7,10,12,15,21,31,34H,5-6,8-9,11,13-14,26H2,1H3,(H,28,33)/t21-,24+/m0/s1. The van der Waals surface area contributed by atoms with Crippen LogP contribution in [0.25, 0.3) is 0 Å². The van der Waals surface area contributed by atoms with Crippen molar-refractivity contribution in [3.63, 3.8) is 0 Å². The Kier molecular flexibility index (Phi) is 6.72. The number of aliphatic hydroxyl groups is 2. The fraction of sp³-hybridized carbons (Fsp3) is 0.458. The first-order chi connectivity index (χ1) is 16.2. The zero-order chi connectivity index (χ0) is 24.5. The summed E-state index contributed by atoms with van der Waals surface area (Å²) in [5.41, 5.74) is 6.63. The summed E-state index contributed by atoms with van der Waals surface area (Å²) in [7, 11) is 0. The lowest BCUT2D eigenvalue weighted by Gasteiger charge is -2.35. The van der Waals surface area contributed by atoms with Gasteiger partial charge in [-0.2, -0.15) is 0 Å². The van der Waals surface area contributed by atoms with Crippen LogP contribution in [0.3, 0.4) is 0 Å². The predicted molar refractivity (Wildman–Crippen MR) is 124 cm³/mol. The molecule has 1 aromatic carbocycles. The van der Waals surface area contributed by atoms with Gasteiger partial charge in [-0.3, -0.25) is 14.6 Å². The minimum absolute atomic E-state index is 0.158. The molecule has 9 nitrogen and oxygen atoms in total. The van der Waals surface area contributed by atoms with Gasteiger partial charge < -0.3 is 31.1 Å². The van der Waals surface area contributed by atoms with Crippen molar-refractivity contribution in [3.05, 3.63) is 53.6 Å². The van der Waals surface area contributed by atoms with E-state index in [1.807, 2.05) is 0 Å². The molecular formula is C24H30FN5O4. The lowest BCUT2D eigenvalue weighted by Crippen LogP contribution is -2.58. The quantitative estimate of drug-likeness (QED) is 0.458. The summed E-state index contributed by atoms with van der Waals surface area (Å²) in [4.78, 5) is 33.0. The number of anilines is 2. The number of nitrogens with zero attached hydrogens (tertiary/aromatic N) is 3. The first kappa shape index (κ1) is 23.9. The van der Waals surface area contributed by atoms with Crippen LogP contribution in [0.15, 0.2) is 36.7 Å². The maximum Gasteiger partial charge on any atom is 0.255 e. The average molecular weight is 472 g/mol. The highest BCUT2D eigenvalue weighted by Gasteiger charge is 2.45. The highest BCUT2D eigenvalue weighted by molar-refractivity contribution is 5.94. The molecular weight excluding hydrogens is 441 g/mol. The highest BCUT2D eigenvalue weighted by atomic mass is 19.1. The molecule has 182 valence electrons. The van der Waals surface area contributed by atoms with Gasteiger partial charge in [0.2, 0.25) is 0 Å². The minimum atomic E-state index is -2.27. The van der Waals surface area contributed by atoms with E-state index in [1.54, 1.807) is 24.5 Å².